The molecule has 1 N–H and O–H groups in total. The zero-order valence-corrected chi connectivity index (χ0v) is 12.9. The SMILES string of the molecule is CNCc1ccc(Cl)cc1-n1nc(C)c(Br)c1C. The van der Waals surface area contributed by atoms with Gasteiger partial charge in [-0.15, -0.1) is 0 Å². The molecule has 2 rings (SSSR count). The highest BCUT2D eigenvalue weighted by Crippen LogP contribution is 2.26. The Morgan fingerprint density at radius 3 is 2.67 bits per heavy atom. The summed E-state index contributed by atoms with van der Waals surface area (Å²) in [5, 5.41) is 8.42. The van der Waals surface area contributed by atoms with E-state index in [0.29, 0.717) is 5.02 Å². The summed E-state index contributed by atoms with van der Waals surface area (Å²) in [7, 11) is 1.93. The third kappa shape index (κ3) is 2.46. The molecule has 0 unspecified atom stereocenters. The number of aryl methyl sites for hydroxylation is 1. The maximum absolute atomic E-state index is 6.09. The average Bonchev–Trinajstić information content (AvgIpc) is 2.60. The normalized spacial score (nSPS) is 10.9. The highest BCUT2D eigenvalue weighted by Gasteiger charge is 2.13. The standard InChI is InChI=1S/C13H15BrClN3/c1-8-13(14)9(2)18(17-8)12-6-11(15)5-4-10(12)7-16-3/h4-6,16H,7H2,1-3H3. The third-order valence-corrected chi connectivity index (χ3v) is 4.23. The lowest BCUT2D eigenvalue weighted by Gasteiger charge is -2.11. The van der Waals surface area contributed by atoms with E-state index in [0.717, 1.165) is 28.1 Å². The van der Waals surface area contributed by atoms with Crippen molar-refractivity contribution in [2.75, 3.05) is 7.05 Å². The summed E-state index contributed by atoms with van der Waals surface area (Å²) in [5.41, 5.74) is 4.23. The Labute approximate surface area is 120 Å². The van der Waals surface area contributed by atoms with Crippen molar-refractivity contribution in [3.8, 4) is 5.69 Å². The topological polar surface area (TPSA) is 29.9 Å². The highest BCUT2D eigenvalue weighted by molar-refractivity contribution is 9.10. The van der Waals surface area contributed by atoms with Crippen molar-refractivity contribution in [3.63, 3.8) is 0 Å². The van der Waals surface area contributed by atoms with Crippen molar-refractivity contribution in [2.24, 2.45) is 0 Å². The van der Waals surface area contributed by atoms with E-state index in [1.807, 2.05) is 43.8 Å². The molecule has 2 aromatic rings. The first-order valence-electron chi connectivity index (χ1n) is 5.69. The summed E-state index contributed by atoms with van der Waals surface area (Å²) in [6, 6.07) is 5.87. The quantitative estimate of drug-likeness (QED) is 0.932. The molecule has 0 amide bonds. The zero-order valence-electron chi connectivity index (χ0n) is 10.6. The van der Waals surface area contributed by atoms with Crippen LogP contribution in [0.5, 0.6) is 0 Å². The van der Waals surface area contributed by atoms with Crippen LogP contribution in [0.1, 0.15) is 17.0 Å². The molecule has 0 atom stereocenters. The van der Waals surface area contributed by atoms with Gasteiger partial charge in [-0.05, 0) is 54.5 Å². The molecule has 0 saturated carbocycles. The Hall–Kier alpha value is -0.840. The van der Waals surface area contributed by atoms with Gasteiger partial charge in [0, 0.05) is 11.6 Å². The van der Waals surface area contributed by atoms with Crippen molar-refractivity contribution in [3.05, 3.63) is 44.6 Å². The lowest BCUT2D eigenvalue weighted by molar-refractivity contribution is 0.775. The van der Waals surface area contributed by atoms with Crippen LogP contribution in [0, 0.1) is 13.8 Å². The number of hydrogen-bond donors (Lipinski definition) is 1. The molecule has 1 aromatic carbocycles. The van der Waals surface area contributed by atoms with Gasteiger partial charge in [-0.25, -0.2) is 4.68 Å². The van der Waals surface area contributed by atoms with Gasteiger partial charge in [0.1, 0.15) is 0 Å². The second-order valence-corrected chi connectivity index (χ2v) is 5.43. The first-order chi connectivity index (χ1) is 8.54. The molecule has 0 bridgehead atoms. The van der Waals surface area contributed by atoms with E-state index in [4.69, 9.17) is 11.6 Å². The van der Waals surface area contributed by atoms with Gasteiger partial charge in [0.2, 0.25) is 0 Å². The van der Waals surface area contributed by atoms with Crippen LogP contribution in [-0.4, -0.2) is 16.8 Å². The number of rotatable bonds is 3. The maximum atomic E-state index is 6.09. The molecule has 0 spiro atoms. The highest BCUT2D eigenvalue weighted by atomic mass is 79.9. The summed E-state index contributed by atoms with van der Waals surface area (Å²) in [6.45, 7) is 4.80. The summed E-state index contributed by atoms with van der Waals surface area (Å²) >= 11 is 9.64. The molecule has 5 heteroatoms. The van der Waals surface area contributed by atoms with E-state index < -0.39 is 0 Å². The van der Waals surface area contributed by atoms with Gasteiger partial charge in [-0.3, -0.25) is 0 Å². The first kappa shape index (κ1) is 13.6. The van der Waals surface area contributed by atoms with Crippen LogP contribution >= 0.6 is 27.5 Å². The van der Waals surface area contributed by atoms with Gasteiger partial charge in [0.15, 0.2) is 0 Å². The third-order valence-electron chi connectivity index (χ3n) is 2.85. The number of aromatic nitrogens is 2. The van der Waals surface area contributed by atoms with Crippen molar-refractivity contribution >= 4 is 27.5 Å². The van der Waals surface area contributed by atoms with Crippen LogP contribution in [0.25, 0.3) is 5.69 Å². The average molecular weight is 329 g/mol. The van der Waals surface area contributed by atoms with Gasteiger partial charge in [0.05, 0.1) is 21.5 Å². The summed E-state index contributed by atoms with van der Waals surface area (Å²) in [6.07, 6.45) is 0. The van der Waals surface area contributed by atoms with E-state index in [1.165, 1.54) is 5.56 Å². The van der Waals surface area contributed by atoms with Gasteiger partial charge in [-0.1, -0.05) is 17.7 Å². The molecule has 3 nitrogen and oxygen atoms in total. The van der Waals surface area contributed by atoms with Crippen molar-refractivity contribution < 1.29 is 0 Å². The molecule has 1 heterocycles. The molecule has 0 fully saturated rings. The predicted molar refractivity (Wildman–Crippen MR) is 78.5 cm³/mol. The minimum absolute atomic E-state index is 0.716. The van der Waals surface area contributed by atoms with Crippen LogP contribution in [0.15, 0.2) is 22.7 Å². The Morgan fingerprint density at radius 2 is 2.11 bits per heavy atom. The molecule has 0 radical (unpaired) electrons. The fraction of sp³-hybridized carbons (Fsp3) is 0.308. The summed E-state index contributed by atoms with van der Waals surface area (Å²) in [5.74, 6) is 0. The Morgan fingerprint density at radius 1 is 1.39 bits per heavy atom. The molecule has 1 aromatic heterocycles. The Kier molecular flexibility index (Phi) is 4.10. The fourth-order valence-electron chi connectivity index (χ4n) is 1.93. The fourth-order valence-corrected chi connectivity index (χ4v) is 2.35. The molecule has 0 aliphatic rings. The summed E-state index contributed by atoms with van der Waals surface area (Å²) < 4.78 is 2.97. The van der Waals surface area contributed by atoms with E-state index >= 15 is 0 Å². The van der Waals surface area contributed by atoms with Crippen LogP contribution < -0.4 is 5.32 Å². The minimum Gasteiger partial charge on any atom is -0.316 e. The van der Waals surface area contributed by atoms with Crippen LogP contribution in [0.4, 0.5) is 0 Å². The van der Waals surface area contributed by atoms with E-state index in [1.54, 1.807) is 0 Å². The zero-order chi connectivity index (χ0) is 13.3. The second kappa shape index (κ2) is 5.43. The number of nitrogens with zero attached hydrogens (tertiary/aromatic N) is 2. The van der Waals surface area contributed by atoms with E-state index in [9.17, 15) is 0 Å². The molecule has 0 aliphatic carbocycles. The van der Waals surface area contributed by atoms with Gasteiger partial charge in [-0.2, -0.15) is 5.10 Å². The van der Waals surface area contributed by atoms with Gasteiger partial charge < -0.3 is 5.32 Å². The molecular weight excluding hydrogens is 314 g/mol. The Balaban J connectivity index is 2.61. The first-order valence-corrected chi connectivity index (χ1v) is 6.86. The number of halogens is 2. The molecule has 18 heavy (non-hydrogen) atoms. The predicted octanol–water partition coefficient (Wildman–Crippen LogP) is 3.62. The lowest BCUT2D eigenvalue weighted by Crippen LogP contribution is -2.10. The number of hydrogen-bond acceptors (Lipinski definition) is 2. The lowest BCUT2D eigenvalue weighted by atomic mass is 10.1. The van der Waals surface area contributed by atoms with Crippen molar-refractivity contribution in [1.82, 2.24) is 15.1 Å². The van der Waals surface area contributed by atoms with Crippen molar-refractivity contribution in [1.29, 1.82) is 0 Å². The molecule has 0 aliphatic heterocycles. The minimum atomic E-state index is 0.716. The summed E-state index contributed by atoms with van der Waals surface area (Å²) in [4.78, 5) is 0. The van der Waals surface area contributed by atoms with E-state index in [2.05, 4.69) is 26.3 Å². The largest absolute Gasteiger partial charge is 0.316 e. The van der Waals surface area contributed by atoms with Crippen molar-refractivity contribution in [2.45, 2.75) is 20.4 Å². The van der Waals surface area contributed by atoms with Crippen LogP contribution in [0.2, 0.25) is 5.02 Å². The number of nitrogens with one attached hydrogen (secondary N) is 1. The molecule has 0 saturated heterocycles. The van der Waals surface area contributed by atoms with Gasteiger partial charge >= 0.3 is 0 Å². The monoisotopic (exact) mass is 327 g/mol. The van der Waals surface area contributed by atoms with Crippen LogP contribution in [0.3, 0.4) is 0 Å². The molecular formula is C13H15BrClN3. The molecule has 96 valence electrons. The van der Waals surface area contributed by atoms with Crippen LogP contribution in [-0.2, 0) is 6.54 Å². The Bertz CT molecular complexity index is 578. The maximum Gasteiger partial charge on any atom is 0.0743 e. The smallest absolute Gasteiger partial charge is 0.0743 e. The van der Waals surface area contributed by atoms with Gasteiger partial charge in [0.25, 0.3) is 0 Å². The second-order valence-electron chi connectivity index (χ2n) is 4.20. The number of benzene rings is 1. The van der Waals surface area contributed by atoms with E-state index in [-0.39, 0.29) is 0 Å².